The molecular formula is C77H132O4. The lowest BCUT2D eigenvalue weighted by Gasteiger charge is -2.59. The third kappa shape index (κ3) is 14.3. The highest BCUT2D eigenvalue weighted by Gasteiger charge is 2.57. The summed E-state index contributed by atoms with van der Waals surface area (Å²) in [5.74, 6) is 12.3. The van der Waals surface area contributed by atoms with Gasteiger partial charge in [-0.15, -0.1) is 0 Å². The topological polar surface area (TPSA) is 80.9 Å². The Bertz CT molecular complexity index is 1560. The van der Waals surface area contributed by atoms with Gasteiger partial charge in [-0.1, -0.05) is 257 Å². The predicted octanol–water partition coefficient (Wildman–Crippen LogP) is 20.2. The second kappa shape index (κ2) is 29.4. The van der Waals surface area contributed by atoms with Gasteiger partial charge in [-0.05, 0) is 201 Å². The van der Waals surface area contributed by atoms with E-state index >= 15 is 0 Å². The van der Waals surface area contributed by atoms with Crippen LogP contribution in [0.1, 0.15) is 334 Å². The Morgan fingerprint density at radius 3 is 0.543 bits per heavy atom. The summed E-state index contributed by atoms with van der Waals surface area (Å²) in [6.45, 7) is 0. The number of aliphatic hydroxyl groups excluding tert-OH is 4. The van der Waals surface area contributed by atoms with Gasteiger partial charge in [-0.2, -0.15) is 0 Å². The molecule has 8 unspecified atom stereocenters. The Morgan fingerprint density at radius 2 is 0.370 bits per heavy atom. The molecule has 12 aliphatic carbocycles. The van der Waals surface area contributed by atoms with E-state index in [4.69, 9.17) is 0 Å². The molecule has 0 spiro atoms. The molecule has 12 saturated carbocycles. The summed E-state index contributed by atoms with van der Waals surface area (Å²) in [5, 5.41) is 52.4. The van der Waals surface area contributed by atoms with Crippen LogP contribution in [0, 0.1) is 124 Å². The summed E-state index contributed by atoms with van der Waals surface area (Å²) in [5.41, 5.74) is 0.216. The lowest BCUT2D eigenvalue weighted by Crippen LogP contribution is -2.54. The first kappa shape index (κ1) is 61.1. The standard InChI is InChI=1S/C77H132O4/c78-73-65(55-25-9-1-10-26-55)45-53(46-66(73)56-27-11-2-12-28-56)41-43-77(63-49-69(59-33-17-5-18-34-59)75(80)70(50-63)60-35-19-6-20-36-60,64-51-71(61-37-21-7-22-38-61)76(81)72(52-64)62-39-23-8-24-40-62)44-42-54-47-67(57-29-13-3-14-30-57)74(79)68(48-54)58-31-15-4-16-32-58/h53-76,78-81H,1-52H2. The lowest BCUT2D eigenvalue weighted by atomic mass is 9.47. The molecule has 12 rings (SSSR count). The van der Waals surface area contributed by atoms with Gasteiger partial charge in [0.1, 0.15) is 0 Å². The molecule has 0 aromatic heterocycles. The highest BCUT2D eigenvalue weighted by atomic mass is 16.3. The fourth-order valence-corrected chi connectivity index (χ4v) is 25.5. The van der Waals surface area contributed by atoms with Gasteiger partial charge in [-0.25, -0.2) is 0 Å². The van der Waals surface area contributed by atoms with Crippen molar-refractivity contribution in [1.82, 2.24) is 0 Å². The summed E-state index contributed by atoms with van der Waals surface area (Å²) < 4.78 is 0. The second-order valence-corrected chi connectivity index (χ2v) is 33.8. The summed E-state index contributed by atoms with van der Waals surface area (Å²) in [6.07, 6.45) is 70.4. The van der Waals surface area contributed by atoms with Gasteiger partial charge in [0.15, 0.2) is 0 Å². The maximum atomic E-state index is 13.3. The average Bonchev–Trinajstić information content (AvgIpc) is 3.58. The third-order valence-electron chi connectivity index (χ3n) is 29.9. The summed E-state index contributed by atoms with van der Waals surface area (Å²) in [6, 6.07) is 0. The molecule has 0 aromatic rings. The summed E-state index contributed by atoms with van der Waals surface area (Å²) >= 11 is 0. The van der Waals surface area contributed by atoms with Crippen LogP contribution in [0.2, 0.25) is 0 Å². The van der Waals surface area contributed by atoms with Crippen molar-refractivity contribution in [2.45, 2.75) is 358 Å². The van der Waals surface area contributed by atoms with E-state index in [0.29, 0.717) is 82.9 Å². The van der Waals surface area contributed by atoms with Crippen LogP contribution in [-0.4, -0.2) is 44.8 Å². The van der Waals surface area contributed by atoms with Gasteiger partial charge < -0.3 is 20.4 Å². The van der Waals surface area contributed by atoms with Crippen molar-refractivity contribution in [3.05, 3.63) is 0 Å². The molecule has 0 saturated heterocycles. The molecule has 8 atom stereocenters. The second-order valence-electron chi connectivity index (χ2n) is 33.8. The molecule has 0 heterocycles. The number of hydrogen-bond donors (Lipinski definition) is 4. The predicted molar refractivity (Wildman–Crippen MR) is 336 cm³/mol. The van der Waals surface area contributed by atoms with Gasteiger partial charge in [-0.3, -0.25) is 0 Å². The zero-order valence-electron chi connectivity index (χ0n) is 52.9. The van der Waals surface area contributed by atoms with E-state index in [1.807, 2.05) is 0 Å². The van der Waals surface area contributed by atoms with Gasteiger partial charge >= 0.3 is 0 Å². The molecule has 0 radical (unpaired) electrons. The molecule has 12 aliphatic rings. The van der Waals surface area contributed by atoms with Crippen molar-refractivity contribution in [1.29, 1.82) is 0 Å². The van der Waals surface area contributed by atoms with E-state index in [2.05, 4.69) is 0 Å². The van der Waals surface area contributed by atoms with Gasteiger partial charge in [0, 0.05) is 0 Å². The number of hydrogen-bond acceptors (Lipinski definition) is 4. The van der Waals surface area contributed by atoms with Crippen molar-refractivity contribution in [3.8, 4) is 0 Å². The van der Waals surface area contributed by atoms with Crippen LogP contribution < -0.4 is 0 Å². The molecular weight excluding hydrogens is 989 g/mol. The molecule has 0 aliphatic heterocycles. The van der Waals surface area contributed by atoms with Crippen LogP contribution in [0.15, 0.2) is 0 Å². The maximum Gasteiger partial charge on any atom is 0.0602 e. The van der Waals surface area contributed by atoms with Gasteiger partial charge in [0.2, 0.25) is 0 Å². The normalized spacial score (nSPS) is 42.8. The first-order valence-corrected chi connectivity index (χ1v) is 38.5. The molecule has 4 N–H and O–H groups in total. The number of rotatable bonds is 16. The molecule has 4 heteroatoms. The Hall–Kier alpha value is -0.160. The first-order valence-electron chi connectivity index (χ1n) is 38.5. The molecule has 12 fully saturated rings. The smallest absolute Gasteiger partial charge is 0.0602 e. The summed E-state index contributed by atoms with van der Waals surface area (Å²) in [4.78, 5) is 0. The van der Waals surface area contributed by atoms with Crippen LogP contribution in [0.25, 0.3) is 0 Å². The van der Waals surface area contributed by atoms with Crippen molar-refractivity contribution in [2.75, 3.05) is 0 Å². The number of aliphatic hydroxyl groups is 4. The Morgan fingerprint density at radius 1 is 0.210 bits per heavy atom. The molecule has 0 bridgehead atoms. The van der Waals surface area contributed by atoms with Crippen molar-refractivity contribution < 1.29 is 20.4 Å². The Labute approximate surface area is 500 Å². The van der Waals surface area contributed by atoms with E-state index < -0.39 is 0 Å². The van der Waals surface area contributed by atoms with Crippen molar-refractivity contribution in [3.63, 3.8) is 0 Å². The molecule has 4 nitrogen and oxygen atoms in total. The zero-order chi connectivity index (χ0) is 55.1. The maximum absolute atomic E-state index is 13.3. The van der Waals surface area contributed by atoms with Crippen LogP contribution in [-0.2, 0) is 0 Å². The monoisotopic (exact) mass is 1120 g/mol. The molecule has 0 amide bonds. The van der Waals surface area contributed by atoms with Gasteiger partial charge in [0.25, 0.3) is 0 Å². The molecule has 0 aromatic carbocycles. The summed E-state index contributed by atoms with van der Waals surface area (Å²) in [7, 11) is 0. The van der Waals surface area contributed by atoms with E-state index in [1.54, 1.807) is 0 Å². The van der Waals surface area contributed by atoms with Crippen molar-refractivity contribution >= 4 is 0 Å². The first-order chi connectivity index (χ1) is 39.8. The minimum atomic E-state index is -0.122. The lowest BCUT2D eigenvalue weighted by molar-refractivity contribution is -0.139. The van der Waals surface area contributed by atoms with Crippen LogP contribution in [0.4, 0.5) is 0 Å². The zero-order valence-corrected chi connectivity index (χ0v) is 52.9. The third-order valence-corrected chi connectivity index (χ3v) is 29.9. The Kier molecular flexibility index (Phi) is 22.2. The van der Waals surface area contributed by atoms with E-state index in [-0.39, 0.29) is 29.8 Å². The SMILES string of the molecule is OC1C(C2CCCCC2)CC(CCC(CCC2CC(C3CCCCC3)C(O)C(C3CCCCC3)C2)(C2CC(C3CCCCC3)C(O)C(C3CCCCC3)C2)C2CC(C3CCCCC3)C(O)C(C3CCCCC3)C2)CC1C1CCCCC1. The van der Waals surface area contributed by atoms with E-state index in [9.17, 15) is 20.4 Å². The Balaban J connectivity index is 0.964. The highest BCUT2D eigenvalue weighted by Crippen LogP contribution is 2.64. The highest BCUT2D eigenvalue weighted by molar-refractivity contribution is 5.07. The van der Waals surface area contributed by atoms with Gasteiger partial charge in [0.05, 0.1) is 24.4 Å². The van der Waals surface area contributed by atoms with Crippen LogP contribution in [0.5, 0.6) is 0 Å². The molecule has 81 heavy (non-hydrogen) atoms. The van der Waals surface area contributed by atoms with E-state index in [0.717, 1.165) is 35.5 Å². The van der Waals surface area contributed by atoms with Crippen LogP contribution >= 0.6 is 0 Å². The fraction of sp³-hybridized carbons (Fsp3) is 1.00. The molecule has 464 valence electrons. The quantitative estimate of drug-likeness (QED) is 0.124. The largest absolute Gasteiger partial charge is 0.393 e. The minimum absolute atomic E-state index is 0.0900. The van der Waals surface area contributed by atoms with Crippen LogP contribution in [0.3, 0.4) is 0 Å². The van der Waals surface area contributed by atoms with E-state index in [1.165, 1.54) is 334 Å². The fourth-order valence-electron chi connectivity index (χ4n) is 25.5. The minimum Gasteiger partial charge on any atom is -0.393 e. The average molecular weight is 1120 g/mol. The van der Waals surface area contributed by atoms with Crippen molar-refractivity contribution in [2.24, 2.45) is 124 Å².